The van der Waals surface area contributed by atoms with E-state index >= 15 is 0 Å². The Balaban J connectivity index is 3.23. The number of rotatable bonds is 16. The number of ketones is 1. The van der Waals surface area contributed by atoms with Gasteiger partial charge in [0.05, 0.1) is 0 Å². The van der Waals surface area contributed by atoms with Crippen molar-refractivity contribution in [2.24, 2.45) is 0 Å². The van der Waals surface area contributed by atoms with Crippen LogP contribution in [0.15, 0.2) is 0 Å². The SMILES string of the molecule is CCCCCCCCCCCCCCCC(=O)C(C)(O)[CH]O. The van der Waals surface area contributed by atoms with Gasteiger partial charge < -0.3 is 10.2 Å². The van der Waals surface area contributed by atoms with Crippen LogP contribution < -0.4 is 0 Å². The van der Waals surface area contributed by atoms with E-state index in [1.54, 1.807) is 0 Å². The highest BCUT2D eigenvalue weighted by Crippen LogP contribution is 2.15. The molecule has 3 nitrogen and oxygen atoms in total. The standard InChI is InChI=1S/C19H37O3/c1-3-4-5-6-7-8-9-10-11-12-13-14-15-16-18(21)19(2,22)17-20/h17,20,22H,3-16H2,1-2H3. The van der Waals surface area contributed by atoms with Crippen LogP contribution in [0.3, 0.4) is 0 Å². The lowest BCUT2D eigenvalue weighted by Crippen LogP contribution is -2.35. The highest BCUT2D eigenvalue weighted by Gasteiger charge is 2.28. The molecule has 1 radical (unpaired) electrons. The number of unbranched alkanes of at least 4 members (excludes halogenated alkanes) is 12. The number of hydrogen-bond acceptors (Lipinski definition) is 3. The minimum atomic E-state index is -1.67. The van der Waals surface area contributed by atoms with Gasteiger partial charge in [0, 0.05) is 6.42 Å². The fraction of sp³-hybridized carbons (Fsp3) is 0.895. The third kappa shape index (κ3) is 12.2. The number of Topliss-reactive ketones (excluding diaryl/α,β-unsaturated/α-hetero) is 1. The van der Waals surface area contributed by atoms with Crippen molar-refractivity contribution in [3.63, 3.8) is 0 Å². The van der Waals surface area contributed by atoms with Crippen LogP contribution in [0, 0.1) is 6.61 Å². The first-order valence-electron chi connectivity index (χ1n) is 9.29. The molecular formula is C19H37O3. The molecule has 0 aromatic rings. The van der Waals surface area contributed by atoms with Crippen molar-refractivity contribution in [1.29, 1.82) is 0 Å². The van der Waals surface area contributed by atoms with Crippen LogP contribution in [0.25, 0.3) is 0 Å². The van der Waals surface area contributed by atoms with Crippen LogP contribution in [0.2, 0.25) is 0 Å². The molecule has 131 valence electrons. The van der Waals surface area contributed by atoms with Gasteiger partial charge in [0.15, 0.2) is 5.78 Å². The molecule has 0 saturated carbocycles. The lowest BCUT2D eigenvalue weighted by atomic mass is 9.96. The topological polar surface area (TPSA) is 57.5 Å². The first kappa shape index (κ1) is 21.6. The number of aliphatic hydroxyl groups is 2. The summed E-state index contributed by atoms with van der Waals surface area (Å²) in [7, 11) is 0. The number of aliphatic hydroxyl groups excluding tert-OH is 1. The molecule has 3 heteroatoms. The third-order valence-corrected chi connectivity index (χ3v) is 4.32. The first-order valence-corrected chi connectivity index (χ1v) is 9.29. The average Bonchev–Trinajstić information content (AvgIpc) is 2.51. The minimum Gasteiger partial charge on any atom is -0.387 e. The van der Waals surface area contributed by atoms with Crippen molar-refractivity contribution in [1.82, 2.24) is 0 Å². The Morgan fingerprint density at radius 3 is 1.55 bits per heavy atom. The second kappa shape index (κ2) is 14.2. The van der Waals surface area contributed by atoms with Crippen LogP contribution in [-0.2, 0) is 4.79 Å². The van der Waals surface area contributed by atoms with E-state index < -0.39 is 5.60 Å². The van der Waals surface area contributed by atoms with Gasteiger partial charge in [-0.05, 0) is 13.3 Å². The summed E-state index contributed by atoms with van der Waals surface area (Å²) in [6, 6.07) is 0. The molecule has 0 saturated heterocycles. The van der Waals surface area contributed by atoms with E-state index in [0.29, 0.717) is 13.0 Å². The first-order chi connectivity index (χ1) is 10.5. The van der Waals surface area contributed by atoms with Crippen LogP contribution in [0.4, 0.5) is 0 Å². The number of hydrogen-bond donors (Lipinski definition) is 2. The Labute approximate surface area is 137 Å². The van der Waals surface area contributed by atoms with Crippen LogP contribution in [0.1, 0.15) is 104 Å². The zero-order chi connectivity index (χ0) is 16.7. The molecule has 0 amide bonds. The number of carbonyl (C=O) groups is 1. The summed E-state index contributed by atoms with van der Waals surface area (Å²) in [5.41, 5.74) is -1.67. The third-order valence-electron chi connectivity index (χ3n) is 4.32. The normalized spacial score (nSPS) is 14.0. The monoisotopic (exact) mass is 313 g/mol. The maximum atomic E-state index is 11.6. The predicted molar refractivity (Wildman–Crippen MR) is 92.2 cm³/mol. The largest absolute Gasteiger partial charge is 0.387 e. The summed E-state index contributed by atoms with van der Waals surface area (Å²) in [5, 5.41) is 18.3. The molecule has 0 heterocycles. The predicted octanol–water partition coefficient (Wildman–Crippen LogP) is 5.32. The van der Waals surface area contributed by atoms with E-state index in [4.69, 9.17) is 5.11 Å². The summed E-state index contributed by atoms with van der Waals surface area (Å²) in [6.45, 7) is 4.17. The van der Waals surface area contributed by atoms with Crippen molar-refractivity contribution in [2.75, 3.05) is 0 Å². The molecule has 0 aliphatic carbocycles. The quantitative estimate of drug-likeness (QED) is 0.379. The van der Waals surface area contributed by atoms with Gasteiger partial charge in [-0.15, -0.1) is 0 Å². The lowest BCUT2D eigenvalue weighted by Gasteiger charge is -2.17. The molecule has 0 rings (SSSR count). The Morgan fingerprint density at radius 1 is 0.818 bits per heavy atom. The zero-order valence-corrected chi connectivity index (χ0v) is 14.8. The van der Waals surface area contributed by atoms with Gasteiger partial charge >= 0.3 is 0 Å². The summed E-state index contributed by atoms with van der Waals surface area (Å²) in [6.07, 6.45) is 16.9. The van der Waals surface area contributed by atoms with Crippen molar-refractivity contribution < 1.29 is 15.0 Å². The molecule has 0 bridgehead atoms. The van der Waals surface area contributed by atoms with Gasteiger partial charge in [0.1, 0.15) is 12.2 Å². The molecule has 0 aliphatic heterocycles. The van der Waals surface area contributed by atoms with Crippen LogP contribution in [0.5, 0.6) is 0 Å². The van der Waals surface area contributed by atoms with Gasteiger partial charge in [-0.1, -0.05) is 84.0 Å². The van der Waals surface area contributed by atoms with Gasteiger partial charge in [0.2, 0.25) is 0 Å². The summed E-state index contributed by atoms with van der Waals surface area (Å²) >= 11 is 0. The second-order valence-electron chi connectivity index (χ2n) is 6.69. The molecule has 0 aromatic heterocycles. The summed E-state index contributed by atoms with van der Waals surface area (Å²) in [4.78, 5) is 11.6. The van der Waals surface area contributed by atoms with Gasteiger partial charge in [-0.3, -0.25) is 4.79 Å². The fourth-order valence-corrected chi connectivity index (χ4v) is 2.63. The van der Waals surface area contributed by atoms with Crippen molar-refractivity contribution in [3.05, 3.63) is 6.61 Å². The van der Waals surface area contributed by atoms with Gasteiger partial charge in [-0.2, -0.15) is 0 Å². The maximum absolute atomic E-state index is 11.6. The molecule has 0 fully saturated rings. The summed E-state index contributed by atoms with van der Waals surface area (Å²) < 4.78 is 0. The van der Waals surface area contributed by atoms with E-state index in [1.807, 2.05) is 0 Å². The highest BCUT2D eigenvalue weighted by molar-refractivity contribution is 5.87. The Kier molecular flexibility index (Phi) is 13.9. The van der Waals surface area contributed by atoms with E-state index in [0.717, 1.165) is 19.3 Å². The van der Waals surface area contributed by atoms with Crippen molar-refractivity contribution >= 4 is 5.78 Å². The van der Waals surface area contributed by atoms with Crippen LogP contribution in [-0.4, -0.2) is 21.6 Å². The van der Waals surface area contributed by atoms with E-state index in [9.17, 15) is 9.90 Å². The molecular weight excluding hydrogens is 276 g/mol. The Bertz CT molecular complexity index is 261. The van der Waals surface area contributed by atoms with Crippen LogP contribution >= 0.6 is 0 Å². The van der Waals surface area contributed by atoms with Crippen molar-refractivity contribution in [3.8, 4) is 0 Å². The molecule has 2 N–H and O–H groups in total. The number of carbonyl (C=O) groups excluding carboxylic acids is 1. The molecule has 1 unspecified atom stereocenters. The molecule has 0 aromatic carbocycles. The van der Waals surface area contributed by atoms with Crippen molar-refractivity contribution in [2.45, 2.75) is 109 Å². The Hall–Kier alpha value is -0.410. The second-order valence-corrected chi connectivity index (χ2v) is 6.69. The molecule has 0 spiro atoms. The van der Waals surface area contributed by atoms with Gasteiger partial charge in [0.25, 0.3) is 0 Å². The molecule has 1 atom stereocenters. The lowest BCUT2D eigenvalue weighted by molar-refractivity contribution is -0.135. The summed E-state index contributed by atoms with van der Waals surface area (Å²) in [5.74, 6) is -0.293. The molecule has 0 aliphatic rings. The average molecular weight is 314 g/mol. The van der Waals surface area contributed by atoms with E-state index in [1.165, 1.54) is 71.1 Å². The Morgan fingerprint density at radius 2 is 1.18 bits per heavy atom. The fourth-order valence-electron chi connectivity index (χ4n) is 2.63. The molecule has 22 heavy (non-hydrogen) atoms. The van der Waals surface area contributed by atoms with E-state index in [2.05, 4.69) is 6.92 Å². The van der Waals surface area contributed by atoms with Gasteiger partial charge in [-0.25, -0.2) is 0 Å². The van der Waals surface area contributed by atoms with E-state index in [-0.39, 0.29) is 5.78 Å². The zero-order valence-electron chi connectivity index (χ0n) is 14.8. The highest BCUT2D eigenvalue weighted by atomic mass is 16.3. The maximum Gasteiger partial charge on any atom is 0.166 e. The smallest absolute Gasteiger partial charge is 0.166 e. The minimum absolute atomic E-state index is 0.293.